The number of carbonyl (C=O) groups is 1. The number of nitrogens with one attached hydrogen (secondary N) is 1. The average Bonchev–Trinajstić information content (AvgIpc) is 2.10. The molecular formula is C14H29NO. The minimum atomic E-state index is 0.0846. The zero-order chi connectivity index (χ0) is 12.8. The maximum Gasteiger partial charge on any atom is 0.134 e. The summed E-state index contributed by atoms with van der Waals surface area (Å²) in [6.07, 6.45) is 4.29. The minimum Gasteiger partial charge on any atom is -0.309 e. The Bertz CT molecular complexity index is 205. The number of rotatable bonds is 7. The molecule has 0 spiro atoms. The van der Waals surface area contributed by atoms with Crippen LogP contribution in [0.15, 0.2) is 0 Å². The van der Waals surface area contributed by atoms with E-state index in [2.05, 4.69) is 39.9 Å². The van der Waals surface area contributed by atoms with Gasteiger partial charge in [0.2, 0.25) is 0 Å². The van der Waals surface area contributed by atoms with Crippen LogP contribution in [-0.4, -0.2) is 17.4 Å². The van der Waals surface area contributed by atoms with Gasteiger partial charge < -0.3 is 5.32 Å². The van der Waals surface area contributed by atoms with E-state index in [0.717, 1.165) is 25.7 Å². The molecule has 2 atom stereocenters. The second-order valence-electron chi connectivity index (χ2n) is 5.80. The molecule has 0 aromatic carbocycles. The van der Waals surface area contributed by atoms with Gasteiger partial charge in [-0.3, -0.25) is 4.79 Å². The van der Waals surface area contributed by atoms with Crippen molar-refractivity contribution in [3.8, 4) is 0 Å². The van der Waals surface area contributed by atoms with Gasteiger partial charge in [0.25, 0.3) is 0 Å². The number of carbonyl (C=O) groups excluding carboxylic acids is 1. The Kier molecular flexibility index (Phi) is 6.89. The summed E-state index contributed by atoms with van der Waals surface area (Å²) in [5, 5.41) is 3.60. The van der Waals surface area contributed by atoms with Crippen molar-refractivity contribution in [3.05, 3.63) is 0 Å². The maximum absolute atomic E-state index is 11.7. The van der Waals surface area contributed by atoms with Crippen molar-refractivity contribution in [3.63, 3.8) is 0 Å². The van der Waals surface area contributed by atoms with E-state index in [4.69, 9.17) is 0 Å². The quantitative estimate of drug-likeness (QED) is 0.720. The van der Waals surface area contributed by atoms with Gasteiger partial charge in [-0.15, -0.1) is 0 Å². The van der Waals surface area contributed by atoms with Crippen LogP contribution in [-0.2, 0) is 4.79 Å². The maximum atomic E-state index is 11.7. The van der Waals surface area contributed by atoms with E-state index in [0.29, 0.717) is 11.8 Å². The highest BCUT2D eigenvalue weighted by atomic mass is 16.1. The summed E-state index contributed by atoms with van der Waals surface area (Å²) in [6, 6.07) is 0.336. The smallest absolute Gasteiger partial charge is 0.134 e. The third-order valence-electron chi connectivity index (χ3n) is 2.83. The molecular weight excluding hydrogens is 198 g/mol. The molecule has 0 aliphatic rings. The number of hydrogen-bond donors (Lipinski definition) is 1. The van der Waals surface area contributed by atoms with Crippen molar-refractivity contribution >= 4 is 5.78 Å². The van der Waals surface area contributed by atoms with Crippen LogP contribution < -0.4 is 5.32 Å². The van der Waals surface area contributed by atoms with Gasteiger partial charge in [0, 0.05) is 17.5 Å². The largest absolute Gasteiger partial charge is 0.309 e. The summed E-state index contributed by atoms with van der Waals surface area (Å²) in [5.74, 6) is 0.515. The standard InChI is InChI=1S/C14H29NO/c1-7-9-12(11(3)16)13(10-8-2)15-14(4,5)6/h12-13,15H,7-10H2,1-6H3/t12-,13+/m1/s1. The Morgan fingerprint density at radius 3 is 1.94 bits per heavy atom. The average molecular weight is 227 g/mol. The molecule has 0 radical (unpaired) electrons. The molecule has 16 heavy (non-hydrogen) atoms. The van der Waals surface area contributed by atoms with E-state index in [1.165, 1.54) is 0 Å². The molecule has 2 nitrogen and oxygen atoms in total. The number of Topliss-reactive ketones (excluding diaryl/α,β-unsaturated/α-hetero) is 1. The van der Waals surface area contributed by atoms with Gasteiger partial charge in [0.05, 0.1) is 0 Å². The molecule has 0 saturated carbocycles. The second-order valence-corrected chi connectivity index (χ2v) is 5.80. The van der Waals surface area contributed by atoms with Crippen molar-refractivity contribution in [1.82, 2.24) is 5.32 Å². The summed E-state index contributed by atoms with van der Waals surface area (Å²) in [4.78, 5) is 11.7. The monoisotopic (exact) mass is 227 g/mol. The first-order valence-electron chi connectivity index (χ1n) is 6.60. The third kappa shape index (κ3) is 6.26. The zero-order valence-electron chi connectivity index (χ0n) is 11.9. The predicted octanol–water partition coefficient (Wildman–Crippen LogP) is 3.55. The molecule has 0 bridgehead atoms. The first-order valence-corrected chi connectivity index (χ1v) is 6.60. The molecule has 0 heterocycles. The van der Waals surface area contributed by atoms with E-state index in [-0.39, 0.29) is 11.5 Å². The first-order chi connectivity index (χ1) is 7.31. The van der Waals surface area contributed by atoms with Crippen LogP contribution in [0.4, 0.5) is 0 Å². The summed E-state index contributed by atoms with van der Waals surface area (Å²) in [6.45, 7) is 12.6. The van der Waals surface area contributed by atoms with Crippen molar-refractivity contribution in [2.24, 2.45) is 5.92 Å². The van der Waals surface area contributed by atoms with Gasteiger partial charge in [0.1, 0.15) is 5.78 Å². The van der Waals surface area contributed by atoms with Crippen molar-refractivity contribution in [2.75, 3.05) is 0 Å². The highest BCUT2D eigenvalue weighted by Crippen LogP contribution is 2.19. The van der Waals surface area contributed by atoms with Crippen LogP contribution >= 0.6 is 0 Å². The van der Waals surface area contributed by atoms with Gasteiger partial charge in [0.15, 0.2) is 0 Å². The zero-order valence-corrected chi connectivity index (χ0v) is 11.9. The van der Waals surface area contributed by atoms with Crippen molar-refractivity contribution in [2.45, 2.75) is 78.8 Å². The van der Waals surface area contributed by atoms with Crippen LogP contribution in [0.1, 0.15) is 67.2 Å². The van der Waals surface area contributed by atoms with E-state index in [1.54, 1.807) is 6.92 Å². The molecule has 0 aromatic rings. The van der Waals surface area contributed by atoms with Crippen LogP contribution in [0.5, 0.6) is 0 Å². The van der Waals surface area contributed by atoms with Gasteiger partial charge in [-0.2, -0.15) is 0 Å². The molecule has 96 valence electrons. The lowest BCUT2D eigenvalue weighted by atomic mass is 9.87. The molecule has 0 saturated heterocycles. The molecule has 0 aromatic heterocycles. The highest BCUT2D eigenvalue weighted by Gasteiger charge is 2.27. The van der Waals surface area contributed by atoms with Gasteiger partial charge in [-0.1, -0.05) is 26.7 Å². The topological polar surface area (TPSA) is 29.1 Å². The molecule has 0 unspecified atom stereocenters. The molecule has 0 aliphatic heterocycles. The lowest BCUT2D eigenvalue weighted by Crippen LogP contribution is -2.48. The minimum absolute atomic E-state index is 0.0846. The van der Waals surface area contributed by atoms with Gasteiger partial charge in [-0.25, -0.2) is 0 Å². The van der Waals surface area contributed by atoms with E-state index < -0.39 is 0 Å². The van der Waals surface area contributed by atoms with Crippen LogP contribution in [0.3, 0.4) is 0 Å². The summed E-state index contributed by atoms with van der Waals surface area (Å²) >= 11 is 0. The fraction of sp³-hybridized carbons (Fsp3) is 0.929. The van der Waals surface area contributed by atoms with Crippen molar-refractivity contribution in [1.29, 1.82) is 0 Å². The molecule has 0 fully saturated rings. The molecule has 0 aliphatic carbocycles. The van der Waals surface area contributed by atoms with E-state index >= 15 is 0 Å². The number of hydrogen-bond acceptors (Lipinski definition) is 2. The normalized spacial score (nSPS) is 15.9. The van der Waals surface area contributed by atoms with Crippen LogP contribution in [0.25, 0.3) is 0 Å². The predicted molar refractivity (Wildman–Crippen MR) is 70.7 cm³/mol. The molecule has 2 heteroatoms. The molecule has 0 amide bonds. The van der Waals surface area contributed by atoms with Gasteiger partial charge >= 0.3 is 0 Å². The SMILES string of the molecule is CCC[C@H](NC(C)(C)C)[C@H](CCC)C(C)=O. The third-order valence-corrected chi connectivity index (χ3v) is 2.83. The lowest BCUT2D eigenvalue weighted by Gasteiger charge is -2.33. The van der Waals surface area contributed by atoms with E-state index in [1.807, 2.05) is 0 Å². The Morgan fingerprint density at radius 2 is 1.62 bits per heavy atom. The van der Waals surface area contributed by atoms with Gasteiger partial charge in [-0.05, 0) is 40.5 Å². The Morgan fingerprint density at radius 1 is 1.12 bits per heavy atom. The molecule has 0 rings (SSSR count). The Hall–Kier alpha value is -0.370. The number of ketones is 1. The fourth-order valence-corrected chi connectivity index (χ4v) is 2.24. The van der Waals surface area contributed by atoms with Crippen LogP contribution in [0.2, 0.25) is 0 Å². The van der Waals surface area contributed by atoms with Crippen LogP contribution in [0, 0.1) is 5.92 Å². The Labute approximate surface area is 101 Å². The van der Waals surface area contributed by atoms with E-state index in [9.17, 15) is 4.79 Å². The summed E-state index contributed by atoms with van der Waals surface area (Å²) in [5.41, 5.74) is 0.0846. The lowest BCUT2D eigenvalue weighted by molar-refractivity contribution is -0.122. The summed E-state index contributed by atoms with van der Waals surface area (Å²) < 4.78 is 0. The fourth-order valence-electron chi connectivity index (χ4n) is 2.24. The van der Waals surface area contributed by atoms with Crippen molar-refractivity contribution < 1.29 is 4.79 Å². The Balaban J connectivity index is 4.63. The highest BCUT2D eigenvalue weighted by molar-refractivity contribution is 5.79. The summed E-state index contributed by atoms with van der Waals surface area (Å²) in [7, 11) is 0. The molecule has 1 N–H and O–H groups in total. The second kappa shape index (κ2) is 7.05. The first kappa shape index (κ1) is 15.6.